The number of aliphatic hydroxyl groups is 1. The van der Waals surface area contributed by atoms with Crippen LogP contribution in [0.5, 0.6) is 0 Å². The van der Waals surface area contributed by atoms with Crippen LogP contribution >= 0.6 is 11.8 Å². The molecule has 1 N–H and O–H groups in total. The molecule has 0 aliphatic carbocycles. The van der Waals surface area contributed by atoms with E-state index in [1.807, 2.05) is 43.3 Å². The summed E-state index contributed by atoms with van der Waals surface area (Å²) >= 11 is 1.74. The Kier molecular flexibility index (Phi) is 4.18. The number of hydrogen-bond donors (Lipinski definition) is 1. The van der Waals surface area contributed by atoms with Gasteiger partial charge in [-0.1, -0.05) is 18.2 Å². The summed E-state index contributed by atoms with van der Waals surface area (Å²) in [5.41, 5.74) is 3.09. The molecule has 1 aromatic carbocycles. The number of aliphatic hydroxyl groups excluding tert-OH is 1. The van der Waals surface area contributed by atoms with Gasteiger partial charge in [0.1, 0.15) is 0 Å². The van der Waals surface area contributed by atoms with Crippen molar-refractivity contribution in [2.24, 2.45) is 0 Å². The molecule has 17 heavy (non-hydrogen) atoms. The highest BCUT2D eigenvalue weighted by molar-refractivity contribution is 7.98. The minimum atomic E-state index is 0.0943. The van der Waals surface area contributed by atoms with Crippen LogP contribution in [0.4, 0.5) is 0 Å². The lowest BCUT2D eigenvalue weighted by Crippen LogP contribution is -1.89. The third kappa shape index (κ3) is 3.58. The van der Waals surface area contributed by atoms with Gasteiger partial charge in [-0.25, -0.2) is 0 Å². The van der Waals surface area contributed by atoms with E-state index < -0.39 is 0 Å². The summed E-state index contributed by atoms with van der Waals surface area (Å²) in [5, 5.41) is 9.06. The molecule has 0 aliphatic rings. The molecule has 0 fully saturated rings. The van der Waals surface area contributed by atoms with Crippen molar-refractivity contribution in [2.45, 2.75) is 24.2 Å². The van der Waals surface area contributed by atoms with Gasteiger partial charge in [-0.3, -0.25) is 4.98 Å². The molecule has 0 saturated carbocycles. The molecule has 3 heteroatoms. The van der Waals surface area contributed by atoms with Gasteiger partial charge in [-0.15, -0.1) is 11.8 Å². The number of thioether (sulfide) groups is 1. The van der Waals surface area contributed by atoms with E-state index in [1.165, 1.54) is 4.90 Å². The third-order valence-electron chi connectivity index (χ3n) is 2.41. The molecule has 0 spiro atoms. The largest absolute Gasteiger partial charge is 0.392 e. The number of benzene rings is 1. The normalized spacial score (nSPS) is 10.5. The van der Waals surface area contributed by atoms with Crippen molar-refractivity contribution in [1.82, 2.24) is 4.98 Å². The molecule has 1 aromatic heterocycles. The van der Waals surface area contributed by atoms with Crippen molar-refractivity contribution < 1.29 is 5.11 Å². The second kappa shape index (κ2) is 5.84. The van der Waals surface area contributed by atoms with Gasteiger partial charge in [0.2, 0.25) is 0 Å². The maximum absolute atomic E-state index is 9.06. The van der Waals surface area contributed by atoms with Crippen molar-refractivity contribution in [1.29, 1.82) is 0 Å². The van der Waals surface area contributed by atoms with Crippen molar-refractivity contribution >= 4 is 11.8 Å². The van der Waals surface area contributed by atoms with Gasteiger partial charge in [0.05, 0.1) is 12.3 Å². The minimum Gasteiger partial charge on any atom is -0.392 e. The zero-order valence-corrected chi connectivity index (χ0v) is 10.6. The van der Waals surface area contributed by atoms with E-state index in [0.717, 1.165) is 22.7 Å². The van der Waals surface area contributed by atoms with Crippen molar-refractivity contribution in [3.05, 3.63) is 59.4 Å². The number of hydrogen-bond acceptors (Lipinski definition) is 3. The summed E-state index contributed by atoms with van der Waals surface area (Å²) in [6.45, 7) is 2.09. The highest BCUT2D eigenvalue weighted by Gasteiger charge is 1.99. The Morgan fingerprint density at radius 3 is 2.76 bits per heavy atom. The second-order valence-electron chi connectivity index (χ2n) is 3.86. The van der Waals surface area contributed by atoms with E-state index >= 15 is 0 Å². The van der Waals surface area contributed by atoms with Gasteiger partial charge in [0.15, 0.2) is 0 Å². The van der Waals surface area contributed by atoms with Crippen LogP contribution in [0.15, 0.2) is 47.4 Å². The number of rotatable bonds is 4. The van der Waals surface area contributed by atoms with Crippen LogP contribution < -0.4 is 0 Å². The van der Waals surface area contributed by atoms with Crippen molar-refractivity contribution in [3.8, 4) is 0 Å². The van der Waals surface area contributed by atoms with Crippen LogP contribution in [0.25, 0.3) is 0 Å². The van der Waals surface area contributed by atoms with E-state index in [1.54, 1.807) is 11.8 Å². The molecule has 88 valence electrons. The molecule has 0 saturated heterocycles. The predicted octanol–water partition coefficient (Wildman–Crippen LogP) is 3.17. The lowest BCUT2D eigenvalue weighted by Gasteiger charge is -2.04. The smallest absolute Gasteiger partial charge is 0.0682 e. The molecule has 0 bridgehead atoms. The third-order valence-corrected chi connectivity index (χ3v) is 3.44. The molecular formula is C14H15NOS. The zero-order valence-electron chi connectivity index (χ0n) is 9.76. The Hall–Kier alpha value is -1.32. The van der Waals surface area contributed by atoms with E-state index in [2.05, 4.69) is 11.1 Å². The Balaban J connectivity index is 2.02. The van der Waals surface area contributed by atoms with Gasteiger partial charge >= 0.3 is 0 Å². The van der Waals surface area contributed by atoms with Crippen molar-refractivity contribution in [2.75, 3.05) is 0 Å². The van der Waals surface area contributed by atoms with Gasteiger partial charge in [0.25, 0.3) is 0 Å². The Labute approximate surface area is 106 Å². The fraction of sp³-hybridized carbons (Fsp3) is 0.214. The summed E-state index contributed by atoms with van der Waals surface area (Å²) in [6.07, 6.45) is 0. The molecule has 0 radical (unpaired) electrons. The first-order valence-corrected chi connectivity index (χ1v) is 6.51. The highest BCUT2D eigenvalue weighted by atomic mass is 32.2. The predicted molar refractivity (Wildman–Crippen MR) is 70.9 cm³/mol. The first kappa shape index (κ1) is 12.1. The number of nitrogens with zero attached hydrogens (tertiary/aromatic N) is 1. The Bertz CT molecular complexity index is 499. The van der Waals surface area contributed by atoms with E-state index in [9.17, 15) is 0 Å². The molecule has 2 rings (SSSR count). The molecule has 0 aliphatic heterocycles. The monoisotopic (exact) mass is 245 g/mol. The van der Waals surface area contributed by atoms with Crippen LogP contribution in [0.3, 0.4) is 0 Å². The number of pyridine rings is 1. The maximum Gasteiger partial charge on any atom is 0.0682 e. The van der Waals surface area contributed by atoms with Gasteiger partial charge in [0, 0.05) is 16.3 Å². The van der Waals surface area contributed by atoms with Gasteiger partial charge in [-0.2, -0.15) is 0 Å². The minimum absolute atomic E-state index is 0.0943. The molecule has 0 amide bonds. The van der Waals surface area contributed by atoms with Crippen LogP contribution in [-0.4, -0.2) is 10.1 Å². The first-order valence-electron chi connectivity index (χ1n) is 5.53. The molecule has 0 unspecified atom stereocenters. The van der Waals surface area contributed by atoms with Crippen LogP contribution in [0, 0.1) is 6.92 Å². The van der Waals surface area contributed by atoms with Gasteiger partial charge in [-0.05, 0) is 36.8 Å². The standard InChI is InChI=1S/C14H15NOS/c1-11-4-2-6-13(15-11)10-17-14-7-3-5-12(8-14)9-16/h2-8,16H,9-10H2,1H3. The lowest BCUT2D eigenvalue weighted by molar-refractivity contribution is 0.281. The van der Waals surface area contributed by atoms with E-state index in [0.29, 0.717) is 0 Å². The fourth-order valence-corrected chi connectivity index (χ4v) is 2.46. The molecule has 2 aromatic rings. The topological polar surface area (TPSA) is 33.1 Å². The molecule has 1 heterocycles. The first-order chi connectivity index (χ1) is 8.28. The summed E-state index contributed by atoms with van der Waals surface area (Å²) in [6, 6.07) is 14.0. The van der Waals surface area contributed by atoms with Crippen LogP contribution in [0.2, 0.25) is 0 Å². The number of aryl methyl sites for hydroxylation is 1. The highest BCUT2D eigenvalue weighted by Crippen LogP contribution is 2.22. The van der Waals surface area contributed by atoms with E-state index in [-0.39, 0.29) is 6.61 Å². The zero-order chi connectivity index (χ0) is 12.1. The van der Waals surface area contributed by atoms with Crippen LogP contribution in [-0.2, 0) is 12.4 Å². The summed E-state index contributed by atoms with van der Waals surface area (Å²) < 4.78 is 0. The molecule has 0 atom stereocenters. The number of aromatic nitrogens is 1. The lowest BCUT2D eigenvalue weighted by atomic mass is 10.2. The fourth-order valence-electron chi connectivity index (χ4n) is 1.57. The van der Waals surface area contributed by atoms with Crippen LogP contribution in [0.1, 0.15) is 17.0 Å². The SMILES string of the molecule is Cc1cccc(CSc2cccc(CO)c2)n1. The average molecular weight is 245 g/mol. The second-order valence-corrected chi connectivity index (χ2v) is 4.91. The summed E-state index contributed by atoms with van der Waals surface area (Å²) in [4.78, 5) is 5.63. The molecule has 2 nitrogen and oxygen atoms in total. The summed E-state index contributed by atoms with van der Waals surface area (Å²) in [7, 11) is 0. The summed E-state index contributed by atoms with van der Waals surface area (Å²) in [5.74, 6) is 0.858. The quantitative estimate of drug-likeness (QED) is 0.840. The van der Waals surface area contributed by atoms with Crippen molar-refractivity contribution in [3.63, 3.8) is 0 Å². The Morgan fingerprint density at radius 2 is 2.00 bits per heavy atom. The average Bonchev–Trinajstić information content (AvgIpc) is 2.37. The molecular weight excluding hydrogens is 230 g/mol. The maximum atomic E-state index is 9.06. The van der Waals surface area contributed by atoms with Gasteiger partial charge < -0.3 is 5.11 Å². The van der Waals surface area contributed by atoms with E-state index in [4.69, 9.17) is 5.11 Å². The Morgan fingerprint density at radius 1 is 1.18 bits per heavy atom.